The molecule has 0 aromatic heterocycles. The number of allylic oxidation sites excluding steroid dienone is 1. The van der Waals surface area contributed by atoms with Gasteiger partial charge in [-0.3, -0.25) is 4.79 Å². The molecule has 4 heterocycles. The monoisotopic (exact) mass is 480 g/mol. The lowest BCUT2D eigenvalue weighted by molar-refractivity contribution is -0.119. The average molecular weight is 481 g/mol. The summed E-state index contributed by atoms with van der Waals surface area (Å²) in [6.07, 6.45) is 2.45. The Hall–Kier alpha value is -2.46. The van der Waals surface area contributed by atoms with E-state index in [2.05, 4.69) is 20.5 Å². The maximum Gasteiger partial charge on any atom is 0.410 e. The Kier molecular flexibility index (Phi) is 6.76. The first-order valence-corrected chi connectivity index (χ1v) is 11.8. The number of morpholine rings is 1. The van der Waals surface area contributed by atoms with Gasteiger partial charge in [0.2, 0.25) is 0 Å². The fourth-order valence-corrected chi connectivity index (χ4v) is 4.61. The highest BCUT2D eigenvalue weighted by atomic mass is 35.5. The van der Waals surface area contributed by atoms with Crippen LogP contribution in [0.15, 0.2) is 27.7 Å². The Morgan fingerprint density at radius 2 is 1.88 bits per heavy atom. The minimum absolute atomic E-state index is 0.0211. The molecular formula is C22H33ClN6O4. The van der Waals surface area contributed by atoms with Gasteiger partial charge >= 0.3 is 6.09 Å². The number of likely N-dealkylation sites (tertiary alicyclic amines) is 1. The Balaban J connectivity index is 1.37. The molecule has 2 saturated heterocycles. The van der Waals surface area contributed by atoms with Crippen molar-refractivity contribution in [2.24, 2.45) is 4.99 Å². The number of nitrogens with one attached hydrogen (secondary N) is 2. The van der Waals surface area contributed by atoms with E-state index in [0.717, 1.165) is 24.6 Å². The van der Waals surface area contributed by atoms with Crippen LogP contribution in [-0.4, -0.2) is 89.7 Å². The minimum atomic E-state index is -0.523. The van der Waals surface area contributed by atoms with Crippen molar-refractivity contribution in [3.8, 4) is 0 Å². The third-order valence-corrected chi connectivity index (χ3v) is 6.17. The van der Waals surface area contributed by atoms with Gasteiger partial charge in [-0.15, -0.1) is 0 Å². The lowest BCUT2D eigenvalue weighted by Crippen LogP contribution is -2.55. The molecule has 2 N–H and O–H groups in total. The number of hydrogen-bond acceptors (Lipinski definition) is 8. The van der Waals surface area contributed by atoms with E-state index in [1.807, 2.05) is 32.6 Å². The van der Waals surface area contributed by atoms with Crippen molar-refractivity contribution in [2.75, 3.05) is 39.4 Å². The number of aliphatic imine (C=N–C) groups is 1. The number of nitrogens with zero attached hydrogens (tertiary/aromatic N) is 4. The number of halogens is 1. The second-order valence-electron chi connectivity index (χ2n) is 9.66. The number of carbonyl (C=O) groups is 2. The predicted octanol–water partition coefficient (Wildman–Crippen LogP) is 1.75. The molecule has 2 fully saturated rings. The quantitative estimate of drug-likeness (QED) is 0.581. The van der Waals surface area contributed by atoms with E-state index in [4.69, 9.17) is 21.1 Å². The standard InChI is InChI=1S/C22H33ClN6O4/c1-14-17(20(30)25-15-5-7-28(8-6-15)21(31)33-22(2,3)4)29-13-16(23)26-18(19(29)24-14)27-9-11-32-12-10-27/h13,15,19,24H,5-12H2,1-4H3,(H,25,30). The Morgan fingerprint density at radius 1 is 1.21 bits per heavy atom. The molecule has 182 valence electrons. The van der Waals surface area contributed by atoms with Gasteiger partial charge in [0, 0.05) is 44.1 Å². The first-order chi connectivity index (χ1) is 15.6. The molecule has 0 aromatic rings. The Bertz CT molecular complexity index is 882. The summed E-state index contributed by atoms with van der Waals surface area (Å²) in [7, 11) is 0. The zero-order valence-electron chi connectivity index (χ0n) is 19.7. The highest BCUT2D eigenvalue weighted by molar-refractivity contribution is 6.30. The lowest BCUT2D eigenvalue weighted by atomic mass is 10.1. The number of piperidine rings is 1. The number of fused-ring (bicyclic) bond motifs is 1. The third kappa shape index (κ3) is 5.38. The molecule has 4 aliphatic heterocycles. The fraction of sp³-hybridized carbons (Fsp3) is 0.682. The largest absolute Gasteiger partial charge is 0.444 e. The highest BCUT2D eigenvalue weighted by Gasteiger charge is 2.40. The van der Waals surface area contributed by atoms with Crippen molar-refractivity contribution in [3.63, 3.8) is 0 Å². The van der Waals surface area contributed by atoms with Crippen LogP contribution in [0.3, 0.4) is 0 Å². The topological polar surface area (TPSA) is 98.7 Å². The molecule has 1 unspecified atom stereocenters. The van der Waals surface area contributed by atoms with E-state index in [9.17, 15) is 9.59 Å². The smallest absolute Gasteiger partial charge is 0.410 e. The first-order valence-electron chi connectivity index (χ1n) is 11.5. The van der Waals surface area contributed by atoms with E-state index >= 15 is 0 Å². The van der Waals surface area contributed by atoms with E-state index in [1.54, 1.807) is 11.1 Å². The molecule has 0 aromatic carbocycles. The van der Waals surface area contributed by atoms with Gasteiger partial charge in [0.05, 0.1) is 13.2 Å². The van der Waals surface area contributed by atoms with Crippen molar-refractivity contribution in [2.45, 2.75) is 58.3 Å². The SMILES string of the molecule is CC1=C(C(=O)NC2CCN(C(=O)OC(C)(C)C)CC2)N2C=C(Cl)N=C(N3CCOCC3)C2N1. The maximum atomic E-state index is 13.3. The Morgan fingerprint density at radius 3 is 2.52 bits per heavy atom. The molecule has 1 atom stereocenters. The van der Waals surface area contributed by atoms with Crippen LogP contribution in [0.25, 0.3) is 0 Å². The molecule has 0 radical (unpaired) electrons. The summed E-state index contributed by atoms with van der Waals surface area (Å²) in [5, 5.41) is 6.87. The zero-order chi connectivity index (χ0) is 23.8. The summed E-state index contributed by atoms with van der Waals surface area (Å²) in [5.74, 6) is 0.626. The second kappa shape index (κ2) is 9.42. The molecule has 10 nitrogen and oxygen atoms in total. The molecule has 33 heavy (non-hydrogen) atoms. The summed E-state index contributed by atoms with van der Waals surface area (Å²) < 4.78 is 10.9. The van der Waals surface area contributed by atoms with Crippen molar-refractivity contribution >= 4 is 29.4 Å². The van der Waals surface area contributed by atoms with Crippen LogP contribution in [0.1, 0.15) is 40.5 Å². The summed E-state index contributed by atoms with van der Waals surface area (Å²) in [6.45, 7) is 11.3. The first kappa shape index (κ1) is 23.7. The van der Waals surface area contributed by atoms with Crippen LogP contribution < -0.4 is 10.6 Å². The maximum absolute atomic E-state index is 13.3. The van der Waals surface area contributed by atoms with Crippen LogP contribution >= 0.6 is 11.6 Å². The van der Waals surface area contributed by atoms with Crippen molar-refractivity contribution in [1.29, 1.82) is 0 Å². The zero-order valence-corrected chi connectivity index (χ0v) is 20.4. The van der Waals surface area contributed by atoms with Gasteiger partial charge < -0.3 is 34.8 Å². The number of hydrogen-bond donors (Lipinski definition) is 2. The fourth-order valence-electron chi connectivity index (χ4n) is 4.42. The normalized spacial score (nSPS) is 24.2. The van der Waals surface area contributed by atoms with Crippen LogP contribution in [-0.2, 0) is 14.3 Å². The molecule has 0 aliphatic carbocycles. The van der Waals surface area contributed by atoms with Gasteiger partial charge in [0.1, 0.15) is 16.5 Å². The molecule has 0 bridgehead atoms. The molecule has 4 rings (SSSR count). The van der Waals surface area contributed by atoms with E-state index in [-0.39, 0.29) is 24.2 Å². The molecule has 11 heteroatoms. The molecular weight excluding hydrogens is 448 g/mol. The van der Waals surface area contributed by atoms with Crippen LogP contribution in [0.2, 0.25) is 0 Å². The number of amides is 2. The number of rotatable bonds is 2. The van der Waals surface area contributed by atoms with Crippen molar-refractivity contribution < 1.29 is 19.1 Å². The molecule has 0 spiro atoms. The molecule has 4 aliphatic rings. The molecule has 0 saturated carbocycles. The van der Waals surface area contributed by atoms with Crippen molar-refractivity contribution in [1.82, 2.24) is 25.3 Å². The van der Waals surface area contributed by atoms with E-state index in [1.165, 1.54) is 0 Å². The minimum Gasteiger partial charge on any atom is -0.444 e. The summed E-state index contributed by atoms with van der Waals surface area (Å²) in [6, 6.07) is -0.0211. The van der Waals surface area contributed by atoms with E-state index in [0.29, 0.717) is 50.0 Å². The molecule has 2 amide bonds. The van der Waals surface area contributed by atoms with Gasteiger partial charge in [-0.25, -0.2) is 9.79 Å². The lowest BCUT2D eigenvalue weighted by Gasteiger charge is -2.38. The number of amidine groups is 1. The number of ether oxygens (including phenoxy) is 2. The second-order valence-corrected chi connectivity index (χ2v) is 10.1. The van der Waals surface area contributed by atoms with Gasteiger partial charge in [-0.2, -0.15) is 0 Å². The summed E-state index contributed by atoms with van der Waals surface area (Å²) in [5.41, 5.74) is 0.783. The summed E-state index contributed by atoms with van der Waals surface area (Å²) >= 11 is 6.34. The van der Waals surface area contributed by atoms with Crippen molar-refractivity contribution in [3.05, 3.63) is 22.8 Å². The van der Waals surface area contributed by atoms with Gasteiger partial charge in [-0.05, 0) is 40.5 Å². The van der Waals surface area contributed by atoms with Crippen LogP contribution in [0.5, 0.6) is 0 Å². The van der Waals surface area contributed by atoms with Gasteiger partial charge in [0.25, 0.3) is 5.91 Å². The Labute approximate surface area is 199 Å². The average Bonchev–Trinajstić information content (AvgIpc) is 3.08. The number of carbonyl (C=O) groups excluding carboxylic acids is 2. The third-order valence-electron chi connectivity index (χ3n) is 5.99. The van der Waals surface area contributed by atoms with Gasteiger partial charge in [-0.1, -0.05) is 11.6 Å². The summed E-state index contributed by atoms with van der Waals surface area (Å²) in [4.78, 5) is 35.8. The van der Waals surface area contributed by atoms with E-state index < -0.39 is 5.60 Å². The van der Waals surface area contributed by atoms with Crippen LogP contribution in [0.4, 0.5) is 4.79 Å². The predicted molar refractivity (Wildman–Crippen MR) is 124 cm³/mol. The highest BCUT2D eigenvalue weighted by Crippen LogP contribution is 2.29. The van der Waals surface area contributed by atoms with Crippen LogP contribution in [0, 0.1) is 0 Å². The van der Waals surface area contributed by atoms with Gasteiger partial charge in [0.15, 0.2) is 12.0 Å².